The molecule has 0 aliphatic rings. The minimum Gasteiger partial charge on any atom is -0.494 e. The van der Waals surface area contributed by atoms with Gasteiger partial charge in [0.2, 0.25) is 0 Å². The molecule has 27 heavy (non-hydrogen) atoms. The Bertz CT molecular complexity index is 910. The maximum absolute atomic E-state index is 14.0. The van der Waals surface area contributed by atoms with E-state index >= 15 is 0 Å². The van der Waals surface area contributed by atoms with Crippen LogP contribution in [0.5, 0.6) is 5.75 Å². The third kappa shape index (κ3) is 4.57. The Morgan fingerprint density at radius 2 is 1.74 bits per heavy atom. The molecular formula is C19H22FNO5S. The van der Waals surface area contributed by atoms with Gasteiger partial charge in [-0.1, -0.05) is 26.0 Å². The van der Waals surface area contributed by atoms with Crippen LogP contribution in [0.2, 0.25) is 0 Å². The lowest BCUT2D eigenvalue weighted by atomic mass is 10.0. The maximum atomic E-state index is 14.0. The molecule has 0 spiro atoms. The van der Waals surface area contributed by atoms with Gasteiger partial charge in [-0.3, -0.25) is 9.10 Å². The average Bonchev–Trinajstić information content (AvgIpc) is 2.65. The van der Waals surface area contributed by atoms with E-state index in [2.05, 4.69) is 4.74 Å². The van der Waals surface area contributed by atoms with Gasteiger partial charge in [-0.15, -0.1) is 0 Å². The predicted molar refractivity (Wildman–Crippen MR) is 100 cm³/mol. The summed E-state index contributed by atoms with van der Waals surface area (Å²) in [6.07, 6.45) is 0. The van der Waals surface area contributed by atoms with Crippen molar-refractivity contribution >= 4 is 21.7 Å². The van der Waals surface area contributed by atoms with Crippen molar-refractivity contribution in [2.45, 2.75) is 24.7 Å². The Hall–Kier alpha value is -2.61. The van der Waals surface area contributed by atoms with Crippen LogP contribution in [0.4, 0.5) is 10.1 Å². The van der Waals surface area contributed by atoms with E-state index < -0.39 is 28.4 Å². The minimum atomic E-state index is -4.20. The number of nitrogens with zero attached hydrogens (tertiary/aromatic N) is 1. The second-order valence-electron chi connectivity index (χ2n) is 6.13. The van der Waals surface area contributed by atoms with Crippen molar-refractivity contribution in [3.05, 3.63) is 53.8 Å². The van der Waals surface area contributed by atoms with Crippen molar-refractivity contribution in [3.8, 4) is 5.75 Å². The normalized spacial score (nSPS) is 11.3. The Kier molecular flexibility index (Phi) is 6.43. The zero-order valence-corrected chi connectivity index (χ0v) is 16.4. The van der Waals surface area contributed by atoms with Crippen molar-refractivity contribution in [3.63, 3.8) is 0 Å². The number of ether oxygens (including phenoxy) is 2. The molecule has 0 atom stereocenters. The molecule has 0 fully saturated rings. The van der Waals surface area contributed by atoms with Gasteiger partial charge in [-0.2, -0.15) is 0 Å². The average molecular weight is 395 g/mol. The zero-order valence-electron chi connectivity index (χ0n) is 15.6. The van der Waals surface area contributed by atoms with Crippen LogP contribution >= 0.6 is 0 Å². The van der Waals surface area contributed by atoms with Crippen molar-refractivity contribution in [1.82, 2.24) is 0 Å². The number of sulfonamides is 1. The first kappa shape index (κ1) is 20.7. The molecule has 0 N–H and O–H groups in total. The molecule has 6 nitrogen and oxygen atoms in total. The molecule has 0 bridgehead atoms. The van der Waals surface area contributed by atoms with Gasteiger partial charge in [-0.05, 0) is 41.8 Å². The number of hydrogen-bond donors (Lipinski definition) is 0. The van der Waals surface area contributed by atoms with E-state index in [0.29, 0.717) is 0 Å². The molecule has 0 radical (unpaired) electrons. The molecule has 2 aromatic carbocycles. The molecule has 0 heterocycles. The smallest absolute Gasteiger partial charge is 0.326 e. The summed E-state index contributed by atoms with van der Waals surface area (Å²) in [5.41, 5.74) is 1.30. The summed E-state index contributed by atoms with van der Waals surface area (Å²) < 4.78 is 50.5. The lowest BCUT2D eigenvalue weighted by Crippen LogP contribution is -2.36. The monoisotopic (exact) mass is 395 g/mol. The molecule has 0 amide bonds. The molecule has 0 aliphatic heterocycles. The number of halogens is 1. The van der Waals surface area contributed by atoms with E-state index in [1.165, 1.54) is 26.4 Å². The van der Waals surface area contributed by atoms with Gasteiger partial charge in [0.15, 0.2) is 11.6 Å². The van der Waals surface area contributed by atoms with Gasteiger partial charge < -0.3 is 9.47 Å². The number of methoxy groups -OCH3 is 2. The van der Waals surface area contributed by atoms with Crippen molar-refractivity contribution in [2.24, 2.45) is 0 Å². The largest absolute Gasteiger partial charge is 0.494 e. The van der Waals surface area contributed by atoms with Crippen LogP contribution in [0.3, 0.4) is 0 Å². The summed E-state index contributed by atoms with van der Waals surface area (Å²) in [6, 6.07) is 10.1. The molecule has 0 unspecified atom stereocenters. The van der Waals surface area contributed by atoms with E-state index in [-0.39, 0.29) is 22.3 Å². The topological polar surface area (TPSA) is 72.9 Å². The molecule has 8 heteroatoms. The maximum Gasteiger partial charge on any atom is 0.326 e. The number of benzene rings is 2. The van der Waals surface area contributed by atoms with Crippen LogP contribution < -0.4 is 9.04 Å². The van der Waals surface area contributed by atoms with E-state index in [4.69, 9.17) is 4.74 Å². The first-order valence-corrected chi connectivity index (χ1v) is 9.67. The lowest BCUT2D eigenvalue weighted by molar-refractivity contribution is -0.138. The highest BCUT2D eigenvalue weighted by Gasteiger charge is 2.28. The molecule has 0 saturated heterocycles. The van der Waals surface area contributed by atoms with Crippen molar-refractivity contribution < 1.29 is 27.1 Å². The summed E-state index contributed by atoms with van der Waals surface area (Å²) >= 11 is 0. The number of carbonyl (C=O) groups excluding carboxylic acids is 1. The highest BCUT2D eigenvalue weighted by molar-refractivity contribution is 7.92. The molecular weight excluding hydrogens is 373 g/mol. The van der Waals surface area contributed by atoms with Crippen LogP contribution in [0.25, 0.3) is 0 Å². The SMILES string of the molecule is COC(=O)CN(c1ccc(C(C)C)cc1)S(=O)(=O)c1ccc(OC)c(F)c1. The second kappa shape index (κ2) is 8.39. The van der Waals surface area contributed by atoms with Crippen LogP contribution in [0.1, 0.15) is 25.3 Å². The van der Waals surface area contributed by atoms with Gasteiger partial charge in [-0.25, -0.2) is 12.8 Å². The fourth-order valence-electron chi connectivity index (χ4n) is 2.46. The molecule has 2 rings (SSSR count). The first-order valence-electron chi connectivity index (χ1n) is 8.23. The Labute approximate surface area is 158 Å². The Morgan fingerprint density at radius 1 is 1.11 bits per heavy atom. The molecule has 0 aliphatic carbocycles. The van der Waals surface area contributed by atoms with Crippen molar-refractivity contribution in [1.29, 1.82) is 0 Å². The standard InChI is InChI=1S/C19H22FNO5S/c1-13(2)14-5-7-15(8-6-14)21(12-19(22)26-4)27(23,24)16-9-10-18(25-3)17(20)11-16/h5-11,13H,12H2,1-4H3. The van der Waals surface area contributed by atoms with Crippen LogP contribution in [-0.2, 0) is 19.6 Å². The van der Waals surface area contributed by atoms with Crippen LogP contribution in [-0.4, -0.2) is 35.2 Å². The van der Waals surface area contributed by atoms with Crippen molar-refractivity contribution in [2.75, 3.05) is 25.1 Å². The van der Waals surface area contributed by atoms with E-state index in [1.54, 1.807) is 24.3 Å². The lowest BCUT2D eigenvalue weighted by Gasteiger charge is -2.24. The third-order valence-electron chi connectivity index (χ3n) is 4.06. The fraction of sp³-hybridized carbons (Fsp3) is 0.316. The zero-order chi connectivity index (χ0) is 20.2. The predicted octanol–water partition coefficient (Wildman–Crippen LogP) is 3.33. The highest BCUT2D eigenvalue weighted by Crippen LogP contribution is 2.28. The second-order valence-corrected chi connectivity index (χ2v) is 7.99. The quantitative estimate of drug-likeness (QED) is 0.673. The third-order valence-corrected chi connectivity index (χ3v) is 5.83. The summed E-state index contributed by atoms with van der Waals surface area (Å²) in [6.45, 7) is 3.49. The number of anilines is 1. The minimum absolute atomic E-state index is 0.0743. The van der Waals surface area contributed by atoms with E-state index in [0.717, 1.165) is 15.9 Å². The number of rotatable bonds is 7. The Balaban J connectivity index is 2.51. The van der Waals surface area contributed by atoms with Gasteiger partial charge in [0.25, 0.3) is 10.0 Å². The summed E-state index contributed by atoms with van der Waals surface area (Å²) in [5, 5.41) is 0. The summed E-state index contributed by atoms with van der Waals surface area (Å²) in [5.74, 6) is -1.36. The number of carbonyl (C=O) groups is 1. The van der Waals surface area contributed by atoms with Crippen LogP contribution in [0, 0.1) is 5.82 Å². The van der Waals surface area contributed by atoms with Gasteiger partial charge in [0.1, 0.15) is 6.54 Å². The van der Waals surface area contributed by atoms with Gasteiger partial charge >= 0.3 is 5.97 Å². The summed E-state index contributed by atoms with van der Waals surface area (Å²) in [7, 11) is -1.75. The van der Waals surface area contributed by atoms with Gasteiger partial charge in [0.05, 0.1) is 24.8 Å². The molecule has 0 saturated carbocycles. The number of hydrogen-bond acceptors (Lipinski definition) is 5. The van der Waals surface area contributed by atoms with E-state index in [1.807, 2.05) is 13.8 Å². The van der Waals surface area contributed by atoms with Crippen LogP contribution in [0.15, 0.2) is 47.4 Å². The van der Waals surface area contributed by atoms with Gasteiger partial charge in [0, 0.05) is 0 Å². The highest BCUT2D eigenvalue weighted by atomic mass is 32.2. The fourth-order valence-corrected chi connectivity index (χ4v) is 3.88. The molecule has 146 valence electrons. The summed E-state index contributed by atoms with van der Waals surface area (Å²) in [4.78, 5) is 11.5. The molecule has 0 aromatic heterocycles. The van der Waals surface area contributed by atoms with E-state index in [9.17, 15) is 17.6 Å². The molecule has 2 aromatic rings. The first-order chi connectivity index (χ1) is 12.7. The number of esters is 1. The Morgan fingerprint density at radius 3 is 2.22 bits per heavy atom.